The zero-order chi connectivity index (χ0) is 10.3. The fourth-order valence-corrected chi connectivity index (χ4v) is 1.76. The molecular weight excluding hydrogens is 168 g/mol. The van der Waals surface area contributed by atoms with Crippen molar-refractivity contribution in [1.29, 1.82) is 0 Å². The molecule has 1 rings (SSSR count). The molecule has 13 heavy (non-hydrogen) atoms. The number of amides is 3. The second kappa shape index (κ2) is 2.72. The standard InChI is InChI=1S/C9H16N2O2/c1-8(2,3)5-9(4)6(12)10-7(13)11-9/h5H2,1-4H3,(H2,10,11,12,13)/t9-/m0/s1. The number of nitrogens with one attached hydrogen (secondary N) is 2. The third-order valence-electron chi connectivity index (χ3n) is 2.00. The highest BCUT2D eigenvalue weighted by Crippen LogP contribution is 2.28. The van der Waals surface area contributed by atoms with Crippen molar-refractivity contribution in [2.45, 2.75) is 39.7 Å². The summed E-state index contributed by atoms with van der Waals surface area (Å²) in [5.74, 6) is -0.229. The van der Waals surface area contributed by atoms with Crippen molar-refractivity contribution in [3.63, 3.8) is 0 Å². The van der Waals surface area contributed by atoms with Gasteiger partial charge >= 0.3 is 6.03 Å². The molecule has 3 amide bonds. The highest BCUT2D eigenvalue weighted by molar-refractivity contribution is 6.06. The molecule has 1 aliphatic rings. The van der Waals surface area contributed by atoms with Crippen LogP contribution in [0.15, 0.2) is 0 Å². The first kappa shape index (κ1) is 10.0. The molecule has 1 aliphatic heterocycles. The van der Waals surface area contributed by atoms with Crippen molar-refractivity contribution in [3.05, 3.63) is 0 Å². The summed E-state index contributed by atoms with van der Waals surface area (Å²) in [6, 6.07) is -0.392. The number of carbonyl (C=O) groups is 2. The lowest BCUT2D eigenvalue weighted by molar-refractivity contribution is -0.124. The minimum absolute atomic E-state index is 0.0176. The molecule has 2 N–H and O–H groups in total. The molecule has 0 spiro atoms. The van der Waals surface area contributed by atoms with Gasteiger partial charge < -0.3 is 5.32 Å². The van der Waals surface area contributed by atoms with E-state index in [0.717, 1.165) is 0 Å². The average molecular weight is 184 g/mol. The van der Waals surface area contributed by atoms with E-state index in [1.807, 2.05) is 20.8 Å². The SMILES string of the molecule is CC(C)(C)C[C@]1(C)NC(=O)NC1=O. The zero-order valence-corrected chi connectivity index (χ0v) is 8.52. The summed E-state index contributed by atoms with van der Waals surface area (Å²) < 4.78 is 0. The van der Waals surface area contributed by atoms with Gasteiger partial charge in [-0.25, -0.2) is 4.79 Å². The van der Waals surface area contributed by atoms with Crippen LogP contribution in [0.5, 0.6) is 0 Å². The first-order chi connectivity index (χ1) is 5.73. The first-order valence-corrected chi connectivity index (χ1v) is 4.37. The molecular formula is C9H16N2O2. The van der Waals surface area contributed by atoms with Crippen LogP contribution >= 0.6 is 0 Å². The lowest BCUT2D eigenvalue weighted by atomic mass is 9.81. The Kier molecular flexibility index (Phi) is 2.10. The third kappa shape index (κ3) is 2.20. The normalized spacial score (nSPS) is 28.6. The van der Waals surface area contributed by atoms with Crippen LogP contribution in [0.4, 0.5) is 4.79 Å². The van der Waals surface area contributed by atoms with Gasteiger partial charge in [0.05, 0.1) is 0 Å². The van der Waals surface area contributed by atoms with Crippen molar-refractivity contribution < 1.29 is 9.59 Å². The number of imide groups is 1. The summed E-state index contributed by atoms with van der Waals surface area (Å²) in [6.45, 7) is 7.86. The second-order valence-electron chi connectivity index (χ2n) is 4.98. The Bertz CT molecular complexity index is 255. The maximum atomic E-state index is 11.4. The van der Waals surface area contributed by atoms with Gasteiger partial charge in [0.2, 0.25) is 0 Å². The van der Waals surface area contributed by atoms with Crippen LogP contribution in [0.2, 0.25) is 0 Å². The predicted octanol–water partition coefficient (Wildman–Crippen LogP) is 1.02. The third-order valence-corrected chi connectivity index (χ3v) is 2.00. The molecule has 0 radical (unpaired) electrons. The van der Waals surface area contributed by atoms with E-state index in [4.69, 9.17) is 0 Å². The fraction of sp³-hybridized carbons (Fsp3) is 0.778. The van der Waals surface area contributed by atoms with E-state index in [0.29, 0.717) is 6.42 Å². The lowest BCUT2D eigenvalue weighted by Crippen LogP contribution is -2.46. The zero-order valence-electron chi connectivity index (χ0n) is 8.52. The van der Waals surface area contributed by atoms with Gasteiger partial charge in [0.15, 0.2) is 0 Å². The van der Waals surface area contributed by atoms with Gasteiger partial charge in [0.25, 0.3) is 5.91 Å². The van der Waals surface area contributed by atoms with Crippen molar-refractivity contribution >= 4 is 11.9 Å². The molecule has 74 valence electrons. The Hall–Kier alpha value is -1.06. The van der Waals surface area contributed by atoms with E-state index in [1.165, 1.54) is 0 Å². The van der Waals surface area contributed by atoms with Crippen LogP contribution in [-0.4, -0.2) is 17.5 Å². The van der Waals surface area contributed by atoms with Crippen LogP contribution in [0.1, 0.15) is 34.1 Å². The topological polar surface area (TPSA) is 58.2 Å². The summed E-state index contributed by atoms with van der Waals surface area (Å²) in [6.07, 6.45) is 0.636. The van der Waals surface area contributed by atoms with E-state index < -0.39 is 11.6 Å². The lowest BCUT2D eigenvalue weighted by Gasteiger charge is -2.29. The molecule has 1 atom stereocenters. The van der Waals surface area contributed by atoms with Crippen LogP contribution in [0, 0.1) is 5.41 Å². The Labute approximate surface area is 78.1 Å². The Morgan fingerprint density at radius 1 is 1.31 bits per heavy atom. The van der Waals surface area contributed by atoms with Gasteiger partial charge in [-0.3, -0.25) is 10.1 Å². The van der Waals surface area contributed by atoms with E-state index >= 15 is 0 Å². The maximum Gasteiger partial charge on any atom is 0.322 e. The van der Waals surface area contributed by atoms with Gasteiger partial charge in [0.1, 0.15) is 5.54 Å². The fourth-order valence-electron chi connectivity index (χ4n) is 1.76. The van der Waals surface area contributed by atoms with E-state index in [-0.39, 0.29) is 11.3 Å². The molecule has 0 saturated carbocycles. The molecule has 0 aromatic rings. The quantitative estimate of drug-likeness (QED) is 0.598. The summed E-state index contributed by atoms with van der Waals surface area (Å²) in [4.78, 5) is 22.3. The number of carbonyl (C=O) groups excluding carboxylic acids is 2. The summed E-state index contributed by atoms with van der Waals surface area (Å²) in [7, 11) is 0. The number of hydrogen-bond acceptors (Lipinski definition) is 2. The Morgan fingerprint density at radius 2 is 1.85 bits per heavy atom. The Morgan fingerprint density at radius 3 is 2.15 bits per heavy atom. The minimum atomic E-state index is -0.741. The van der Waals surface area contributed by atoms with Crippen molar-refractivity contribution in [2.75, 3.05) is 0 Å². The van der Waals surface area contributed by atoms with Gasteiger partial charge in [-0.15, -0.1) is 0 Å². The van der Waals surface area contributed by atoms with Crippen molar-refractivity contribution in [2.24, 2.45) is 5.41 Å². The summed E-state index contributed by atoms with van der Waals surface area (Å²) in [5, 5.41) is 4.88. The Balaban J connectivity index is 2.77. The van der Waals surface area contributed by atoms with E-state index in [2.05, 4.69) is 10.6 Å². The van der Waals surface area contributed by atoms with Crippen molar-refractivity contribution in [1.82, 2.24) is 10.6 Å². The highest BCUT2D eigenvalue weighted by Gasteiger charge is 2.44. The van der Waals surface area contributed by atoms with Gasteiger partial charge in [-0.05, 0) is 18.8 Å². The first-order valence-electron chi connectivity index (χ1n) is 4.37. The van der Waals surface area contributed by atoms with Gasteiger partial charge in [-0.2, -0.15) is 0 Å². The monoisotopic (exact) mass is 184 g/mol. The number of rotatable bonds is 1. The molecule has 4 heteroatoms. The van der Waals surface area contributed by atoms with E-state index in [9.17, 15) is 9.59 Å². The van der Waals surface area contributed by atoms with Crippen LogP contribution in [0.25, 0.3) is 0 Å². The average Bonchev–Trinajstić information content (AvgIpc) is 2.00. The van der Waals surface area contributed by atoms with Gasteiger partial charge in [-0.1, -0.05) is 20.8 Å². The number of urea groups is 1. The molecule has 0 unspecified atom stereocenters. The number of hydrogen-bond donors (Lipinski definition) is 2. The molecule has 0 aromatic heterocycles. The molecule has 1 heterocycles. The van der Waals surface area contributed by atoms with E-state index in [1.54, 1.807) is 6.92 Å². The summed E-state index contributed by atoms with van der Waals surface area (Å²) in [5.41, 5.74) is -0.723. The van der Waals surface area contributed by atoms with Crippen LogP contribution in [0.3, 0.4) is 0 Å². The van der Waals surface area contributed by atoms with Gasteiger partial charge in [0, 0.05) is 0 Å². The minimum Gasteiger partial charge on any atom is -0.324 e. The van der Waals surface area contributed by atoms with Crippen molar-refractivity contribution in [3.8, 4) is 0 Å². The maximum absolute atomic E-state index is 11.4. The largest absolute Gasteiger partial charge is 0.324 e. The summed E-state index contributed by atoms with van der Waals surface area (Å²) >= 11 is 0. The smallest absolute Gasteiger partial charge is 0.322 e. The molecule has 0 aromatic carbocycles. The van der Waals surface area contributed by atoms with Crippen LogP contribution in [-0.2, 0) is 4.79 Å². The molecule has 0 bridgehead atoms. The van der Waals surface area contributed by atoms with Crippen LogP contribution < -0.4 is 10.6 Å². The predicted molar refractivity (Wildman–Crippen MR) is 49.2 cm³/mol. The highest BCUT2D eigenvalue weighted by atomic mass is 16.2. The molecule has 4 nitrogen and oxygen atoms in total. The molecule has 0 aliphatic carbocycles. The second-order valence-corrected chi connectivity index (χ2v) is 4.98. The molecule has 1 fully saturated rings. The molecule has 1 saturated heterocycles.